The zero-order valence-corrected chi connectivity index (χ0v) is 7.72. The average molecular weight is 224 g/mol. The van der Waals surface area contributed by atoms with Crippen molar-refractivity contribution in [3.63, 3.8) is 0 Å². The number of aromatic nitrogens is 1. The van der Waals surface area contributed by atoms with Gasteiger partial charge in [-0.3, -0.25) is 9.78 Å². The summed E-state index contributed by atoms with van der Waals surface area (Å²) < 4.78 is 30.7. The predicted octanol–water partition coefficient (Wildman–Crippen LogP) is 1.62. The van der Waals surface area contributed by atoms with Gasteiger partial charge in [0.05, 0.1) is 5.56 Å². The summed E-state index contributed by atoms with van der Waals surface area (Å²) in [5.41, 5.74) is 1.07. The Labute approximate surface area is 83.5 Å². The Bertz CT molecular complexity index is 283. The highest BCUT2D eigenvalue weighted by atomic mass is 32.1. The van der Waals surface area contributed by atoms with Crippen LogP contribution in [0.3, 0.4) is 0 Å². The van der Waals surface area contributed by atoms with E-state index in [1.165, 1.54) is 6.20 Å². The Morgan fingerprint density at radius 1 is 1.50 bits per heavy atom. The van der Waals surface area contributed by atoms with Crippen LogP contribution in [0.4, 0.5) is 13.2 Å². The molecule has 1 aromatic rings. The van der Waals surface area contributed by atoms with E-state index < -0.39 is 11.4 Å². The van der Waals surface area contributed by atoms with Crippen LogP contribution >= 0.6 is 12.6 Å². The van der Waals surface area contributed by atoms with Crippen molar-refractivity contribution < 1.29 is 18.0 Å². The minimum absolute atomic E-state index is 0.442. The summed E-state index contributed by atoms with van der Waals surface area (Å²) in [6, 6.07) is 3.29. The molecule has 0 aliphatic rings. The first-order chi connectivity index (χ1) is 6.30. The van der Waals surface area contributed by atoms with Gasteiger partial charge in [-0.05, 0) is 12.1 Å². The molecule has 0 saturated heterocycles. The quantitative estimate of drug-likeness (QED) is 0.712. The number of carbonyl (C=O) groups excluding carboxylic acids is 1. The molecular formula is C7H7F3N2OS. The first-order valence-corrected chi connectivity index (χ1v) is 3.74. The molecule has 14 heavy (non-hydrogen) atoms. The number of halogens is 3. The van der Waals surface area contributed by atoms with Gasteiger partial charge in [0.25, 0.3) is 0 Å². The Morgan fingerprint density at radius 2 is 2.00 bits per heavy atom. The summed E-state index contributed by atoms with van der Waals surface area (Å²) >= 11 is 2.12. The molecule has 0 aliphatic carbocycles. The Morgan fingerprint density at radius 3 is 2.21 bits per heavy atom. The van der Waals surface area contributed by atoms with Crippen LogP contribution in [-0.2, 0) is 0 Å². The highest BCUT2D eigenvalue weighted by Crippen LogP contribution is 2.17. The number of carbonyl (C=O) groups is 1. The number of alkyl halides is 3. The maximum atomic E-state index is 10.4. The number of hydrogen-bond acceptors (Lipinski definition) is 3. The Balaban J connectivity index is 0.000000292. The SMILES string of the molecule is FC(F)(F)S.NC(=O)c1cccnc1. The van der Waals surface area contributed by atoms with Gasteiger partial charge in [-0.1, -0.05) is 12.6 Å². The average Bonchev–Trinajstić information content (AvgIpc) is 2.03. The van der Waals surface area contributed by atoms with Crippen LogP contribution in [0.2, 0.25) is 0 Å². The van der Waals surface area contributed by atoms with Crippen LogP contribution in [0.1, 0.15) is 10.4 Å². The largest absolute Gasteiger partial charge is 0.438 e. The molecule has 78 valence electrons. The van der Waals surface area contributed by atoms with E-state index in [-0.39, 0.29) is 0 Å². The summed E-state index contributed by atoms with van der Waals surface area (Å²) in [6.07, 6.45) is 3.02. The van der Waals surface area contributed by atoms with Crippen molar-refractivity contribution in [3.8, 4) is 0 Å². The lowest BCUT2D eigenvalue weighted by Crippen LogP contribution is -2.10. The summed E-state index contributed by atoms with van der Waals surface area (Å²) in [7, 11) is 0. The van der Waals surface area contributed by atoms with Gasteiger partial charge in [0, 0.05) is 12.4 Å². The van der Waals surface area contributed by atoms with Crippen molar-refractivity contribution in [2.45, 2.75) is 5.51 Å². The fourth-order valence-electron chi connectivity index (χ4n) is 0.509. The van der Waals surface area contributed by atoms with Gasteiger partial charge < -0.3 is 5.73 Å². The van der Waals surface area contributed by atoms with Gasteiger partial charge >= 0.3 is 5.51 Å². The summed E-state index contributed by atoms with van der Waals surface area (Å²) in [4.78, 5) is 14.1. The van der Waals surface area contributed by atoms with Crippen molar-refractivity contribution in [2.75, 3.05) is 0 Å². The van der Waals surface area contributed by atoms with Crippen molar-refractivity contribution in [1.29, 1.82) is 0 Å². The maximum absolute atomic E-state index is 10.4. The molecule has 2 N–H and O–H groups in total. The third-order valence-electron chi connectivity index (χ3n) is 0.946. The van der Waals surface area contributed by atoms with E-state index in [0.717, 1.165) is 0 Å². The molecule has 0 aromatic carbocycles. The number of thiol groups is 1. The normalized spacial score (nSPS) is 10.0. The number of hydrogen-bond donors (Lipinski definition) is 2. The summed E-state index contributed by atoms with van der Waals surface area (Å²) in [5, 5.41) is 0. The first kappa shape index (κ1) is 12.8. The van der Waals surface area contributed by atoms with Gasteiger partial charge in [-0.2, -0.15) is 13.2 Å². The summed E-state index contributed by atoms with van der Waals surface area (Å²) in [6.45, 7) is 0. The molecule has 0 saturated carbocycles. The van der Waals surface area contributed by atoms with Crippen LogP contribution in [0.25, 0.3) is 0 Å². The number of nitrogens with two attached hydrogens (primary N) is 1. The fourth-order valence-corrected chi connectivity index (χ4v) is 0.509. The number of rotatable bonds is 1. The van der Waals surface area contributed by atoms with Crippen LogP contribution in [0.15, 0.2) is 24.5 Å². The Kier molecular flexibility index (Phi) is 5.00. The standard InChI is InChI=1S/C6H6N2O.CHF3S/c7-6(9)5-2-1-3-8-4-5;2-1(3,4)5/h1-4H,(H2,7,9);5H. The second kappa shape index (κ2) is 5.48. The van der Waals surface area contributed by atoms with E-state index in [1.807, 2.05) is 0 Å². The maximum Gasteiger partial charge on any atom is 0.438 e. The first-order valence-electron chi connectivity index (χ1n) is 3.29. The topological polar surface area (TPSA) is 56.0 Å². The van der Waals surface area contributed by atoms with Crippen LogP contribution in [0.5, 0.6) is 0 Å². The lowest BCUT2D eigenvalue weighted by Gasteiger charge is -1.88. The molecule has 0 unspecified atom stereocenters. The monoisotopic (exact) mass is 224 g/mol. The van der Waals surface area contributed by atoms with Crippen molar-refractivity contribution in [1.82, 2.24) is 4.98 Å². The van der Waals surface area contributed by atoms with Crippen molar-refractivity contribution in [2.24, 2.45) is 5.73 Å². The van der Waals surface area contributed by atoms with Crippen LogP contribution in [-0.4, -0.2) is 16.4 Å². The van der Waals surface area contributed by atoms with E-state index in [4.69, 9.17) is 5.73 Å². The molecule has 0 radical (unpaired) electrons. The Hall–Kier alpha value is -1.24. The van der Waals surface area contributed by atoms with Crippen LogP contribution < -0.4 is 5.73 Å². The molecular weight excluding hydrogens is 217 g/mol. The third kappa shape index (κ3) is 8.85. The minimum Gasteiger partial charge on any atom is -0.366 e. The van der Waals surface area contributed by atoms with Crippen LogP contribution in [0, 0.1) is 0 Å². The molecule has 1 amide bonds. The second-order valence-corrected chi connectivity index (χ2v) is 2.58. The molecule has 0 atom stereocenters. The van der Waals surface area contributed by atoms with Gasteiger partial charge in [-0.15, -0.1) is 0 Å². The molecule has 0 fully saturated rings. The predicted molar refractivity (Wildman–Crippen MR) is 47.8 cm³/mol. The van der Waals surface area contributed by atoms with Gasteiger partial charge in [0.1, 0.15) is 0 Å². The summed E-state index contributed by atoms with van der Waals surface area (Å²) in [5.74, 6) is -0.442. The molecule has 1 aromatic heterocycles. The fraction of sp³-hybridized carbons (Fsp3) is 0.143. The van der Waals surface area contributed by atoms with E-state index >= 15 is 0 Å². The lowest BCUT2D eigenvalue weighted by molar-refractivity contribution is -0.0303. The van der Waals surface area contributed by atoms with Crippen molar-refractivity contribution in [3.05, 3.63) is 30.1 Å². The van der Waals surface area contributed by atoms with E-state index in [0.29, 0.717) is 5.56 Å². The van der Waals surface area contributed by atoms with Crippen molar-refractivity contribution >= 4 is 18.5 Å². The highest BCUT2D eigenvalue weighted by molar-refractivity contribution is 7.81. The number of primary amides is 1. The van der Waals surface area contributed by atoms with Gasteiger partial charge in [0.2, 0.25) is 5.91 Å². The van der Waals surface area contributed by atoms with Gasteiger partial charge in [0.15, 0.2) is 0 Å². The molecule has 1 heterocycles. The lowest BCUT2D eigenvalue weighted by atomic mass is 10.3. The number of nitrogens with zero attached hydrogens (tertiary/aromatic N) is 1. The van der Waals surface area contributed by atoms with E-state index in [9.17, 15) is 18.0 Å². The molecule has 0 bridgehead atoms. The minimum atomic E-state index is -4.31. The second-order valence-electron chi connectivity index (χ2n) is 2.07. The molecule has 0 spiro atoms. The van der Waals surface area contributed by atoms with E-state index in [2.05, 4.69) is 17.6 Å². The number of pyridine rings is 1. The highest BCUT2D eigenvalue weighted by Gasteiger charge is 2.17. The molecule has 1 rings (SSSR count). The zero-order valence-electron chi connectivity index (χ0n) is 6.82. The molecule has 3 nitrogen and oxygen atoms in total. The molecule has 0 aliphatic heterocycles. The zero-order chi connectivity index (χ0) is 11.2. The number of amides is 1. The van der Waals surface area contributed by atoms with Gasteiger partial charge in [-0.25, -0.2) is 0 Å². The van der Waals surface area contributed by atoms with E-state index in [1.54, 1.807) is 18.3 Å². The molecule has 7 heteroatoms. The third-order valence-corrected chi connectivity index (χ3v) is 0.946. The smallest absolute Gasteiger partial charge is 0.366 e.